The number of hydrogen-bond donors (Lipinski definition) is 0. The predicted octanol–water partition coefficient (Wildman–Crippen LogP) is 20.3. The molecule has 0 saturated heterocycles. The fraction of sp³-hybridized carbons (Fsp3) is 0.682. The fourth-order valence-corrected chi connectivity index (χ4v) is 8.08. The van der Waals surface area contributed by atoms with Crippen molar-refractivity contribution < 1.29 is 28.6 Å². The maximum atomic E-state index is 12.7. The first-order chi connectivity index (χ1) is 35.5. The summed E-state index contributed by atoms with van der Waals surface area (Å²) in [5.41, 5.74) is 0. The molecule has 0 spiro atoms. The number of ether oxygens (including phenoxy) is 3. The molecule has 0 bridgehead atoms. The van der Waals surface area contributed by atoms with E-state index in [1.54, 1.807) is 0 Å². The van der Waals surface area contributed by atoms with Crippen LogP contribution in [0.1, 0.15) is 271 Å². The van der Waals surface area contributed by atoms with Crippen molar-refractivity contribution >= 4 is 17.9 Å². The van der Waals surface area contributed by atoms with Crippen molar-refractivity contribution in [2.24, 2.45) is 0 Å². The lowest BCUT2D eigenvalue weighted by atomic mass is 10.0. The van der Waals surface area contributed by atoms with Gasteiger partial charge in [-0.3, -0.25) is 14.4 Å². The molecule has 72 heavy (non-hydrogen) atoms. The van der Waals surface area contributed by atoms with Gasteiger partial charge in [-0.1, -0.05) is 271 Å². The number of carbonyl (C=O) groups excluding carboxylic acids is 3. The highest BCUT2D eigenvalue weighted by molar-refractivity contribution is 5.71. The molecule has 6 heteroatoms. The summed E-state index contributed by atoms with van der Waals surface area (Å²) in [6, 6.07) is 0. The summed E-state index contributed by atoms with van der Waals surface area (Å²) >= 11 is 0. The molecule has 0 aromatic heterocycles. The molecule has 0 fully saturated rings. The van der Waals surface area contributed by atoms with Crippen LogP contribution < -0.4 is 0 Å². The van der Waals surface area contributed by atoms with Gasteiger partial charge in [0.2, 0.25) is 0 Å². The maximum absolute atomic E-state index is 12.7. The Morgan fingerprint density at radius 1 is 0.292 bits per heavy atom. The molecule has 0 aliphatic carbocycles. The zero-order valence-electron chi connectivity index (χ0n) is 46.9. The minimum absolute atomic E-state index is 0.0798. The Balaban J connectivity index is 4.05. The van der Waals surface area contributed by atoms with E-state index in [4.69, 9.17) is 14.2 Å². The molecule has 410 valence electrons. The Morgan fingerprint density at radius 3 is 0.847 bits per heavy atom. The first-order valence-electron chi connectivity index (χ1n) is 29.9. The highest BCUT2D eigenvalue weighted by atomic mass is 16.6. The van der Waals surface area contributed by atoms with Crippen LogP contribution in [0.3, 0.4) is 0 Å². The van der Waals surface area contributed by atoms with E-state index >= 15 is 0 Å². The van der Waals surface area contributed by atoms with Gasteiger partial charge in [0.05, 0.1) is 0 Å². The predicted molar refractivity (Wildman–Crippen MR) is 311 cm³/mol. The van der Waals surface area contributed by atoms with Crippen LogP contribution in [0.25, 0.3) is 0 Å². The fourth-order valence-electron chi connectivity index (χ4n) is 8.08. The van der Waals surface area contributed by atoms with Gasteiger partial charge < -0.3 is 14.2 Å². The largest absolute Gasteiger partial charge is 0.462 e. The van der Waals surface area contributed by atoms with E-state index in [1.165, 1.54) is 103 Å². The topological polar surface area (TPSA) is 78.9 Å². The van der Waals surface area contributed by atoms with Gasteiger partial charge >= 0.3 is 17.9 Å². The van der Waals surface area contributed by atoms with E-state index in [-0.39, 0.29) is 31.1 Å². The molecular weight excluding hydrogens is 889 g/mol. The molecule has 0 aromatic rings. The molecule has 6 nitrogen and oxygen atoms in total. The summed E-state index contributed by atoms with van der Waals surface area (Å²) in [5.74, 6) is -0.902. The van der Waals surface area contributed by atoms with Crippen molar-refractivity contribution in [3.63, 3.8) is 0 Å². The van der Waals surface area contributed by atoms with Gasteiger partial charge in [-0.15, -0.1) is 0 Å². The quantitative estimate of drug-likeness (QED) is 0.0261. The maximum Gasteiger partial charge on any atom is 0.306 e. The second kappa shape index (κ2) is 59.6. The summed E-state index contributed by atoms with van der Waals surface area (Å²) in [7, 11) is 0. The van der Waals surface area contributed by atoms with E-state index < -0.39 is 6.10 Å². The van der Waals surface area contributed by atoms with Crippen molar-refractivity contribution in [3.05, 3.63) is 109 Å². The third-order valence-electron chi connectivity index (χ3n) is 12.5. The molecule has 0 saturated carbocycles. The molecular formula is C66H110O6. The minimum Gasteiger partial charge on any atom is -0.462 e. The zero-order chi connectivity index (χ0) is 52.2. The van der Waals surface area contributed by atoms with E-state index in [1.807, 2.05) is 0 Å². The summed E-state index contributed by atoms with van der Waals surface area (Å²) in [5, 5.41) is 0. The molecule has 0 amide bonds. The second-order valence-electron chi connectivity index (χ2n) is 19.5. The van der Waals surface area contributed by atoms with E-state index in [0.717, 1.165) is 128 Å². The van der Waals surface area contributed by atoms with Crippen molar-refractivity contribution in [1.82, 2.24) is 0 Å². The lowest BCUT2D eigenvalue weighted by Crippen LogP contribution is -2.30. The average molecular weight is 1000 g/mol. The van der Waals surface area contributed by atoms with Crippen LogP contribution >= 0.6 is 0 Å². The van der Waals surface area contributed by atoms with Gasteiger partial charge in [-0.25, -0.2) is 0 Å². The number of carbonyl (C=O) groups is 3. The van der Waals surface area contributed by atoms with Crippen molar-refractivity contribution in [2.75, 3.05) is 13.2 Å². The van der Waals surface area contributed by atoms with Crippen molar-refractivity contribution in [2.45, 2.75) is 277 Å². The Bertz CT molecular complexity index is 1470. The summed E-state index contributed by atoms with van der Waals surface area (Å²) in [6.45, 7) is 6.44. The molecule has 0 heterocycles. The van der Waals surface area contributed by atoms with Gasteiger partial charge in [0.15, 0.2) is 6.10 Å². The highest BCUT2D eigenvalue weighted by Gasteiger charge is 2.19. The number of esters is 3. The third-order valence-corrected chi connectivity index (χ3v) is 12.5. The molecule has 1 unspecified atom stereocenters. The van der Waals surface area contributed by atoms with Crippen LogP contribution in [0, 0.1) is 0 Å². The van der Waals surface area contributed by atoms with Gasteiger partial charge in [0.1, 0.15) is 13.2 Å². The smallest absolute Gasteiger partial charge is 0.306 e. The summed E-state index contributed by atoms with van der Waals surface area (Å²) in [6.07, 6.45) is 81.3. The molecule has 0 aliphatic rings. The first kappa shape index (κ1) is 68.1. The number of hydrogen-bond acceptors (Lipinski definition) is 6. The standard InChI is InChI=1S/C66H110O6/c1-4-7-10-13-15-17-19-21-23-24-25-26-27-28-29-30-31-32-33-34-35-36-37-38-39-40-41-42-43-45-46-48-50-53-56-59-65(68)71-62-63(61-70-64(67)58-55-52-12-9-6-3)72-66(69)60-57-54-51-49-47-44-22-20-18-16-14-11-8-5-2/h7,10,15,17,21,23,25-26,28-29,31-32,34-35,37-38,40-41,63H,4-6,8-9,11-14,16,18-20,22,24,27,30,33,36,39,42-62H2,1-3H3/b10-7-,17-15-,23-21-,26-25-,29-28-,32-31-,35-34-,38-37-,41-40-. The van der Waals surface area contributed by atoms with Gasteiger partial charge in [-0.2, -0.15) is 0 Å². The summed E-state index contributed by atoms with van der Waals surface area (Å²) in [4.78, 5) is 37.8. The zero-order valence-corrected chi connectivity index (χ0v) is 46.9. The Morgan fingerprint density at radius 2 is 0.542 bits per heavy atom. The van der Waals surface area contributed by atoms with Gasteiger partial charge in [0, 0.05) is 19.3 Å². The normalized spacial score (nSPS) is 12.9. The lowest BCUT2D eigenvalue weighted by molar-refractivity contribution is -0.167. The number of unbranched alkanes of at least 4 members (excludes halogenated alkanes) is 24. The molecule has 0 rings (SSSR count). The second-order valence-corrected chi connectivity index (χ2v) is 19.5. The van der Waals surface area contributed by atoms with E-state index in [9.17, 15) is 14.4 Å². The van der Waals surface area contributed by atoms with Crippen molar-refractivity contribution in [1.29, 1.82) is 0 Å². The van der Waals surface area contributed by atoms with Crippen LogP contribution in [0.2, 0.25) is 0 Å². The Hall–Kier alpha value is -3.93. The monoisotopic (exact) mass is 999 g/mol. The van der Waals surface area contributed by atoms with Crippen LogP contribution in [-0.2, 0) is 28.6 Å². The van der Waals surface area contributed by atoms with Crippen molar-refractivity contribution in [3.8, 4) is 0 Å². The minimum atomic E-state index is -0.776. The molecule has 0 N–H and O–H groups in total. The third kappa shape index (κ3) is 57.0. The van der Waals surface area contributed by atoms with Gasteiger partial charge in [0.25, 0.3) is 0 Å². The molecule has 0 aliphatic heterocycles. The Labute approximate surface area is 444 Å². The first-order valence-corrected chi connectivity index (χ1v) is 29.9. The van der Waals surface area contributed by atoms with Crippen LogP contribution in [0.15, 0.2) is 109 Å². The SMILES string of the molecule is CC/C=C\C/C=C\C/C=C\C/C=C\C/C=C\C/C=C\C/C=C\C/C=C\C/C=C\CCCCCCCCCC(=O)OCC(COC(=O)CCCCCCC)OC(=O)CCCCCCCCCCCCCCCC. The average Bonchev–Trinajstić information content (AvgIpc) is 3.38. The molecule has 0 aromatic carbocycles. The van der Waals surface area contributed by atoms with E-state index in [2.05, 4.69) is 130 Å². The highest BCUT2D eigenvalue weighted by Crippen LogP contribution is 2.15. The van der Waals surface area contributed by atoms with Crippen LogP contribution in [0.4, 0.5) is 0 Å². The van der Waals surface area contributed by atoms with Crippen LogP contribution in [0.5, 0.6) is 0 Å². The number of rotatable bonds is 53. The Kier molecular flexibility index (Phi) is 56.4. The van der Waals surface area contributed by atoms with Crippen LogP contribution in [-0.4, -0.2) is 37.2 Å². The summed E-state index contributed by atoms with van der Waals surface area (Å²) < 4.78 is 16.7. The number of allylic oxidation sites excluding steroid dienone is 18. The molecule has 1 atom stereocenters. The van der Waals surface area contributed by atoms with Gasteiger partial charge in [-0.05, 0) is 89.9 Å². The van der Waals surface area contributed by atoms with E-state index in [0.29, 0.717) is 19.3 Å². The lowest BCUT2D eigenvalue weighted by Gasteiger charge is -2.18. The molecule has 0 radical (unpaired) electrons.